The van der Waals surface area contributed by atoms with Gasteiger partial charge in [0.15, 0.2) is 0 Å². The van der Waals surface area contributed by atoms with Crippen molar-refractivity contribution in [1.82, 2.24) is 5.32 Å². The summed E-state index contributed by atoms with van der Waals surface area (Å²) in [6.07, 6.45) is 0. The topological polar surface area (TPSA) is 32.3 Å². The van der Waals surface area contributed by atoms with E-state index in [0.717, 1.165) is 12.1 Å². The number of benzene rings is 1. The van der Waals surface area contributed by atoms with Gasteiger partial charge in [0, 0.05) is 23.7 Å². The van der Waals surface area contributed by atoms with Crippen molar-refractivity contribution < 1.29 is 5.11 Å². The molecule has 3 heteroatoms. The molecular formula is C14H22ClNO. The zero-order chi connectivity index (χ0) is 13.1. The lowest BCUT2D eigenvalue weighted by Gasteiger charge is -2.29. The summed E-state index contributed by atoms with van der Waals surface area (Å²) in [5.74, 6) is 0.909. The standard InChI is InChI=1S/C14H22ClNO/c1-10(2)14(3,4)9-16-8-11-7-12(15)5-6-13(11)17/h5-7,10,16-17H,8-9H2,1-4H3. The Morgan fingerprint density at radius 2 is 2.00 bits per heavy atom. The van der Waals surface area contributed by atoms with Crippen LogP contribution >= 0.6 is 11.6 Å². The van der Waals surface area contributed by atoms with Crippen LogP contribution in [0.4, 0.5) is 0 Å². The van der Waals surface area contributed by atoms with Crippen LogP contribution in [0.5, 0.6) is 5.75 Å². The van der Waals surface area contributed by atoms with Crippen LogP contribution in [0.25, 0.3) is 0 Å². The highest BCUT2D eigenvalue weighted by Gasteiger charge is 2.21. The lowest BCUT2D eigenvalue weighted by Crippen LogP contribution is -2.33. The van der Waals surface area contributed by atoms with Crippen LogP contribution in [0.2, 0.25) is 5.02 Å². The van der Waals surface area contributed by atoms with E-state index < -0.39 is 0 Å². The third-order valence-electron chi connectivity index (χ3n) is 3.50. The molecule has 1 rings (SSSR count). The predicted molar refractivity (Wildman–Crippen MR) is 73.4 cm³/mol. The Bertz CT molecular complexity index is 374. The van der Waals surface area contributed by atoms with Crippen LogP contribution in [0, 0.1) is 11.3 Å². The van der Waals surface area contributed by atoms with Crippen molar-refractivity contribution >= 4 is 11.6 Å². The third-order valence-corrected chi connectivity index (χ3v) is 3.74. The maximum atomic E-state index is 9.67. The Hall–Kier alpha value is -0.730. The molecule has 0 saturated heterocycles. The SMILES string of the molecule is CC(C)C(C)(C)CNCc1cc(Cl)ccc1O. The molecule has 0 heterocycles. The summed E-state index contributed by atoms with van der Waals surface area (Å²) >= 11 is 5.90. The molecule has 0 saturated carbocycles. The first kappa shape index (κ1) is 14.3. The molecule has 0 aliphatic carbocycles. The highest BCUT2D eigenvalue weighted by atomic mass is 35.5. The van der Waals surface area contributed by atoms with E-state index in [0.29, 0.717) is 23.2 Å². The lowest BCUT2D eigenvalue weighted by molar-refractivity contribution is 0.237. The van der Waals surface area contributed by atoms with Crippen LogP contribution in [0.15, 0.2) is 18.2 Å². The van der Waals surface area contributed by atoms with Gasteiger partial charge in [-0.15, -0.1) is 0 Å². The van der Waals surface area contributed by atoms with Crippen LogP contribution < -0.4 is 5.32 Å². The van der Waals surface area contributed by atoms with Gasteiger partial charge in [-0.05, 0) is 29.5 Å². The molecule has 0 aliphatic heterocycles. The summed E-state index contributed by atoms with van der Waals surface area (Å²) in [6.45, 7) is 10.5. The normalized spacial score (nSPS) is 12.1. The number of halogens is 1. The van der Waals surface area contributed by atoms with Gasteiger partial charge in [0.25, 0.3) is 0 Å². The van der Waals surface area contributed by atoms with Gasteiger partial charge in [0.05, 0.1) is 0 Å². The van der Waals surface area contributed by atoms with Gasteiger partial charge in [-0.2, -0.15) is 0 Å². The van der Waals surface area contributed by atoms with Gasteiger partial charge in [-0.3, -0.25) is 0 Å². The molecule has 2 N–H and O–H groups in total. The van der Waals surface area contributed by atoms with E-state index in [1.54, 1.807) is 18.2 Å². The van der Waals surface area contributed by atoms with Gasteiger partial charge in [-0.1, -0.05) is 39.3 Å². The maximum Gasteiger partial charge on any atom is 0.120 e. The van der Waals surface area contributed by atoms with Crippen molar-refractivity contribution in [3.8, 4) is 5.75 Å². The van der Waals surface area contributed by atoms with E-state index in [2.05, 4.69) is 33.0 Å². The molecule has 0 atom stereocenters. The van der Waals surface area contributed by atoms with Crippen molar-refractivity contribution in [1.29, 1.82) is 0 Å². The van der Waals surface area contributed by atoms with E-state index >= 15 is 0 Å². The first-order chi connectivity index (χ1) is 7.83. The molecule has 0 radical (unpaired) electrons. The predicted octanol–water partition coefficient (Wildman–Crippen LogP) is 3.82. The number of hydrogen-bond acceptors (Lipinski definition) is 2. The minimum absolute atomic E-state index is 0.244. The van der Waals surface area contributed by atoms with E-state index in [-0.39, 0.29) is 5.41 Å². The van der Waals surface area contributed by atoms with Crippen LogP contribution in [0.1, 0.15) is 33.3 Å². The molecule has 0 aromatic heterocycles. The summed E-state index contributed by atoms with van der Waals surface area (Å²) in [5, 5.41) is 13.7. The van der Waals surface area contributed by atoms with Crippen molar-refractivity contribution in [3.05, 3.63) is 28.8 Å². The van der Waals surface area contributed by atoms with E-state index in [1.807, 2.05) is 0 Å². The molecule has 0 spiro atoms. The molecule has 1 aromatic carbocycles. The fourth-order valence-electron chi connectivity index (χ4n) is 1.42. The minimum Gasteiger partial charge on any atom is -0.508 e. The highest BCUT2D eigenvalue weighted by molar-refractivity contribution is 6.30. The Labute approximate surface area is 109 Å². The quantitative estimate of drug-likeness (QED) is 0.839. The Balaban J connectivity index is 2.54. The van der Waals surface area contributed by atoms with E-state index in [1.165, 1.54) is 0 Å². The van der Waals surface area contributed by atoms with Gasteiger partial charge in [0.1, 0.15) is 5.75 Å². The lowest BCUT2D eigenvalue weighted by atomic mass is 9.81. The molecule has 17 heavy (non-hydrogen) atoms. The molecule has 0 aliphatic rings. The highest BCUT2D eigenvalue weighted by Crippen LogP contribution is 2.25. The smallest absolute Gasteiger partial charge is 0.120 e. The fourth-order valence-corrected chi connectivity index (χ4v) is 1.61. The molecule has 0 amide bonds. The number of phenolic OH excluding ortho intramolecular Hbond substituents is 1. The Morgan fingerprint density at radius 1 is 1.35 bits per heavy atom. The van der Waals surface area contributed by atoms with Crippen LogP contribution in [0.3, 0.4) is 0 Å². The summed E-state index contributed by atoms with van der Waals surface area (Å²) < 4.78 is 0. The summed E-state index contributed by atoms with van der Waals surface area (Å²) in [5.41, 5.74) is 1.09. The van der Waals surface area contributed by atoms with E-state index in [9.17, 15) is 5.11 Å². The summed E-state index contributed by atoms with van der Waals surface area (Å²) in [4.78, 5) is 0. The fraction of sp³-hybridized carbons (Fsp3) is 0.571. The largest absolute Gasteiger partial charge is 0.508 e. The second kappa shape index (κ2) is 5.74. The molecule has 96 valence electrons. The monoisotopic (exact) mass is 255 g/mol. The molecule has 2 nitrogen and oxygen atoms in total. The molecular weight excluding hydrogens is 234 g/mol. The van der Waals surface area contributed by atoms with Gasteiger partial charge in [0.2, 0.25) is 0 Å². The zero-order valence-corrected chi connectivity index (χ0v) is 11.8. The molecule has 0 unspecified atom stereocenters. The average molecular weight is 256 g/mol. The first-order valence-corrected chi connectivity index (χ1v) is 6.39. The third kappa shape index (κ3) is 4.21. The minimum atomic E-state index is 0.244. The van der Waals surface area contributed by atoms with Gasteiger partial charge in [-0.25, -0.2) is 0 Å². The zero-order valence-electron chi connectivity index (χ0n) is 11.0. The second-order valence-corrected chi connectivity index (χ2v) is 5.96. The van der Waals surface area contributed by atoms with E-state index in [4.69, 9.17) is 11.6 Å². The van der Waals surface area contributed by atoms with Crippen LogP contribution in [-0.2, 0) is 6.54 Å². The number of nitrogens with one attached hydrogen (secondary N) is 1. The molecule has 1 aromatic rings. The average Bonchev–Trinajstić information content (AvgIpc) is 2.22. The Morgan fingerprint density at radius 3 is 2.59 bits per heavy atom. The summed E-state index contributed by atoms with van der Waals surface area (Å²) in [7, 11) is 0. The Kier molecular flexibility index (Phi) is 4.84. The molecule has 0 fully saturated rings. The van der Waals surface area contributed by atoms with Gasteiger partial charge < -0.3 is 10.4 Å². The summed E-state index contributed by atoms with van der Waals surface area (Å²) in [6, 6.07) is 5.12. The molecule has 0 bridgehead atoms. The maximum absolute atomic E-state index is 9.67. The van der Waals surface area contributed by atoms with Gasteiger partial charge >= 0.3 is 0 Å². The number of phenols is 1. The first-order valence-electron chi connectivity index (χ1n) is 6.01. The van der Waals surface area contributed by atoms with Crippen LogP contribution in [-0.4, -0.2) is 11.7 Å². The second-order valence-electron chi connectivity index (χ2n) is 5.52. The number of aromatic hydroxyl groups is 1. The van der Waals surface area contributed by atoms with Crippen molar-refractivity contribution in [2.45, 2.75) is 34.2 Å². The van der Waals surface area contributed by atoms with Crippen molar-refractivity contribution in [2.75, 3.05) is 6.54 Å². The van der Waals surface area contributed by atoms with Crippen molar-refractivity contribution in [3.63, 3.8) is 0 Å². The number of hydrogen-bond donors (Lipinski definition) is 2. The number of rotatable bonds is 5. The van der Waals surface area contributed by atoms with Crippen molar-refractivity contribution in [2.24, 2.45) is 11.3 Å².